The number of carbonyl (C=O) groups is 2. The van der Waals surface area contributed by atoms with Crippen LogP contribution in [0.25, 0.3) is 0 Å². The lowest BCUT2D eigenvalue weighted by Gasteiger charge is -2.27. The Kier molecular flexibility index (Phi) is 8.77. The fourth-order valence-corrected chi connectivity index (χ4v) is 3.94. The van der Waals surface area contributed by atoms with Gasteiger partial charge in [0.15, 0.2) is 0 Å². The van der Waals surface area contributed by atoms with Gasteiger partial charge in [-0.25, -0.2) is 4.79 Å². The number of amides is 3. The third kappa shape index (κ3) is 7.66. The van der Waals surface area contributed by atoms with Gasteiger partial charge in [-0.1, -0.05) is 43.5 Å². The van der Waals surface area contributed by atoms with Crippen molar-refractivity contribution in [2.45, 2.75) is 57.7 Å². The number of carbonyl (C=O) groups excluding carboxylic acids is 2. The van der Waals surface area contributed by atoms with Gasteiger partial charge in [0.2, 0.25) is 5.91 Å². The first-order chi connectivity index (χ1) is 14.2. The maximum atomic E-state index is 12.2. The van der Waals surface area contributed by atoms with Gasteiger partial charge >= 0.3 is 6.03 Å². The molecule has 3 rings (SSSR count). The van der Waals surface area contributed by atoms with Gasteiger partial charge in [0.25, 0.3) is 0 Å². The molecule has 1 saturated carbocycles. The molecule has 1 aliphatic carbocycles. The number of rotatable bonds is 8. The number of urea groups is 1. The second kappa shape index (κ2) is 11.8. The van der Waals surface area contributed by atoms with Gasteiger partial charge in [-0.2, -0.15) is 0 Å². The van der Waals surface area contributed by atoms with E-state index in [0.717, 1.165) is 51.3 Å². The molecule has 3 amide bonds. The van der Waals surface area contributed by atoms with Gasteiger partial charge in [-0.15, -0.1) is 0 Å². The van der Waals surface area contributed by atoms with Crippen molar-refractivity contribution in [3.8, 4) is 0 Å². The predicted octanol–water partition coefficient (Wildman–Crippen LogP) is 2.16. The molecule has 7 heteroatoms. The molecule has 7 nitrogen and oxygen atoms in total. The van der Waals surface area contributed by atoms with Gasteiger partial charge in [0.05, 0.1) is 13.2 Å². The van der Waals surface area contributed by atoms with Crippen LogP contribution in [-0.2, 0) is 22.6 Å². The summed E-state index contributed by atoms with van der Waals surface area (Å²) in [5.74, 6) is -0.0517. The maximum Gasteiger partial charge on any atom is 0.315 e. The molecule has 0 atom stereocenters. The summed E-state index contributed by atoms with van der Waals surface area (Å²) >= 11 is 0. The van der Waals surface area contributed by atoms with E-state index < -0.39 is 0 Å². The SMILES string of the molecule is O=C(CCNC(=O)NC1CCCCC1)NCc1ccccc1CN1CCOCC1. The Balaban J connectivity index is 1.35. The summed E-state index contributed by atoms with van der Waals surface area (Å²) in [5.41, 5.74) is 2.37. The zero-order chi connectivity index (χ0) is 20.3. The summed E-state index contributed by atoms with van der Waals surface area (Å²) < 4.78 is 5.41. The number of nitrogens with one attached hydrogen (secondary N) is 3. The highest BCUT2D eigenvalue weighted by molar-refractivity contribution is 5.78. The monoisotopic (exact) mass is 402 g/mol. The third-order valence-corrected chi connectivity index (χ3v) is 5.67. The van der Waals surface area contributed by atoms with E-state index in [-0.39, 0.29) is 24.4 Å². The summed E-state index contributed by atoms with van der Waals surface area (Å²) in [4.78, 5) is 26.5. The quantitative estimate of drug-likeness (QED) is 0.622. The van der Waals surface area contributed by atoms with E-state index in [1.165, 1.54) is 24.8 Å². The number of hydrogen-bond acceptors (Lipinski definition) is 4. The van der Waals surface area contributed by atoms with Crippen molar-refractivity contribution in [2.75, 3.05) is 32.8 Å². The highest BCUT2D eigenvalue weighted by Gasteiger charge is 2.16. The average Bonchev–Trinajstić information content (AvgIpc) is 2.74. The molecule has 0 radical (unpaired) electrons. The summed E-state index contributed by atoms with van der Waals surface area (Å²) in [6, 6.07) is 8.33. The highest BCUT2D eigenvalue weighted by atomic mass is 16.5. The molecule has 2 aliphatic rings. The smallest absolute Gasteiger partial charge is 0.315 e. The zero-order valence-electron chi connectivity index (χ0n) is 17.3. The van der Waals surface area contributed by atoms with Crippen LogP contribution in [0.4, 0.5) is 4.79 Å². The average molecular weight is 403 g/mol. The Bertz CT molecular complexity index is 655. The molecule has 0 bridgehead atoms. The van der Waals surface area contributed by atoms with E-state index in [2.05, 4.69) is 33.0 Å². The van der Waals surface area contributed by atoms with Crippen molar-refractivity contribution >= 4 is 11.9 Å². The van der Waals surface area contributed by atoms with E-state index in [0.29, 0.717) is 13.1 Å². The fourth-order valence-electron chi connectivity index (χ4n) is 3.94. The van der Waals surface area contributed by atoms with Gasteiger partial charge in [0.1, 0.15) is 0 Å². The van der Waals surface area contributed by atoms with Crippen LogP contribution >= 0.6 is 0 Å². The van der Waals surface area contributed by atoms with Crippen LogP contribution in [0.5, 0.6) is 0 Å². The van der Waals surface area contributed by atoms with Gasteiger partial charge in [-0.3, -0.25) is 9.69 Å². The van der Waals surface area contributed by atoms with Crippen molar-refractivity contribution in [1.29, 1.82) is 0 Å². The van der Waals surface area contributed by atoms with Crippen molar-refractivity contribution in [3.05, 3.63) is 35.4 Å². The van der Waals surface area contributed by atoms with E-state index in [1.54, 1.807) is 0 Å². The van der Waals surface area contributed by atoms with E-state index in [9.17, 15) is 9.59 Å². The number of ether oxygens (including phenoxy) is 1. The van der Waals surface area contributed by atoms with Crippen LogP contribution in [0.1, 0.15) is 49.7 Å². The predicted molar refractivity (Wildman–Crippen MR) is 112 cm³/mol. The van der Waals surface area contributed by atoms with Gasteiger partial charge < -0.3 is 20.7 Å². The molecule has 0 spiro atoms. The topological polar surface area (TPSA) is 82.7 Å². The molecular weight excluding hydrogens is 368 g/mol. The van der Waals surface area contributed by atoms with Crippen molar-refractivity contribution in [3.63, 3.8) is 0 Å². The fraction of sp³-hybridized carbons (Fsp3) is 0.636. The molecule has 0 aromatic heterocycles. The van der Waals surface area contributed by atoms with Crippen molar-refractivity contribution < 1.29 is 14.3 Å². The third-order valence-electron chi connectivity index (χ3n) is 5.67. The molecule has 1 saturated heterocycles. The van der Waals surface area contributed by atoms with Crippen molar-refractivity contribution in [2.24, 2.45) is 0 Å². The molecule has 1 aromatic carbocycles. The summed E-state index contributed by atoms with van der Waals surface area (Å²) in [5, 5.41) is 8.77. The normalized spacial score (nSPS) is 18.2. The number of hydrogen-bond donors (Lipinski definition) is 3. The maximum absolute atomic E-state index is 12.2. The largest absolute Gasteiger partial charge is 0.379 e. The summed E-state index contributed by atoms with van der Waals surface area (Å²) in [6.07, 6.45) is 6.01. The zero-order valence-corrected chi connectivity index (χ0v) is 17.3. The number of nitrogens with zero attached hydrogens (tertiary/aromatic N) is 1. The van der Waals surface area contributed by atoms with E-state index >= 15 is 0 Å². The second-order valence-corrected chi connectivity index (χ2v) is 7.92. The Morgan fingerprint density at radius 3 is 2.48 bits per heavy atom. The lowest BCUT2D eigenvalue weighted by molar-refractivity contribution is -0.121. The van der Waals surface area contributed by atoms with Crippen LogP contribution in [-0.4, -0.2) is 55.7 Å². The second-order valence-electron chi connectivity index (χ2n) is 7.92. The van der Waals surface area contributed by atoms with Crippen LogP contribution in [0, 0.1) is 0 Å². The van der Waals surface area contributed by atoms with E-state index in [4.69, 9.17) is 4.74 Å². The summed E-state index contributed by atoms with van der Waals surface area (Å²) in [6.45, 7) is 5.16. The number of morpholine rings is 1. The lowest BCUT2D eigenvalue weighted by atomic mass is 9.96. The van der Waals surface area contributed by atoms with Crippen LogP contribution in [0.2, 0.25) is 0 Å². The molecule has 3 N–H and O–H groups in total. The Morgan fingerprint density at radius 2 is 1.72 bits per heavy atom. The molecule has 0 unspecified atom stereocenters. The van der Waals surface area contributed by atoms with Crippen LogP contribution in [0.3, 0.4) is 0 Å². The highest BCUT2D eigenvalue weighted by Crippen LogP contribution is 2.17. The van der Waals surface area contributed by atoms with Gasteiger partial charge in [0, 0.05) is 45.2 Å². The Hall–Kier alpha value is -2.12. The summed E-state index contributed by atoms with van der Waals surface area (Å²) in [7, 11) is 0. The van der Waals surface area contributed by atoms with Crippen LogP contribution in [0.15, 0.2) is 24.3 Å². The van der Waals surface area contributed by atoms with Crippen LogP contribution < -0.4 is 16.0 Å². The first-order valence-electron chi connectivity index (χ1n) is 10.9. The molecule has 2 fully saturated rings. The van der Waals surface area contributed by atoms with Gasteiger partial charge in [-0.05, 0) is 24.0 Å². The minimum absolute atomic E-state index is 0.0517. The Labute approximate surface area is 173 Å². The molecule has 1 heterocycles. The molecule has 29 heavy (non-hydrogen) atoms. The van der Waals surface area contributed by atoms with E-state index in [1.807, 2.05) is 12.1 Å². The molecular formula is C22H34N4O3. The molecule has 160 valence electrons. The first kappa shape index (κ1) is 21.6. The number of benzene rings is 1. The standard InChI is InChI=1S/C22H34N4O3/c27-21(10-11-23-22(28)25-20-8-2-1-3-9-20)24-16-18-6-4-5-7-19(18)17-26-12-14-29-15-13-26/h4-7,20H,1-3,8-17H2,(H,24,27)(H2,23,25,28). The Morgan fingerprint density at radius 1 is 1.00 bits per heavy atom. The minimum atomic E-state index is -0.166. The molecule has 1 aliphatic heterocycles. The minimum Gasteiger partial charge on any atom is -0.379 e. The van der Waals surface area contributed by atoms with Crippen molar-refractivity contribution in [1.82, 2.24) is 20.9 Å². The first-order valence-corrected chi connectivity index (χ1v) is 10.9. The lowest BCUT2D eigenvalue weighted by Crippen LogP contribution is -2.43. The molecule has 1 aromatic rings.